The first kappa shape index (κ1) is 11.1. The highest BCUT2D eigenvalue weighted by Gasteiger charge is 2.34. The van der Waals surface area contributed by atoms with Crippen LogP contribution in [-0.4, -0.2) is 37.5 Å². The van der Waals surface area contributed by atoms with E-state index in [0.29, 0.717) is 18.6 Å². The number of rotatable bonds is 4. The topological polar surface area (TPSA) is 41.5 Å². The lowest BCUT2D eigenvalue weighted by atomic mass is 9.77. The van der Waals surface area contributed by atoms with Gasteiger partial charge >= 0.3 is 0 Å². The zero-order valence-electron chi connectivity index (χ0n) is 9.41. The van der Waals surface area contributed by atoms with Gasteiger partial charge in [-0.25, -0.2) is 0 Å². The number of ether oxygens (including phenoxy) is 1. The van der Waals surface area contributed by atoms with Gasteiger partial charge in [0.25, 0.3) is 0 Å². The second-order valence-electron chi connectivity index (χ2n) is 4.69. The van der Waals surface area contributed by atoms with E-state index in [2.05, 4.69) is 18.3 Å². The summed E-state index contributed by atoms with van der Waals surface area (Å²) in [4.78, 5) is 0. The van der Waals surface area contributed by atoms with Gasteiger partial charge in [0.1, 0.15) is 0 Å². The number of aliphatic hydroxyl groups excluding tert-OH is 1. The minimum absolute atomic E-state index is 0.203. The van der Waals surface area contributed by atoms with Crippen molar-refractivity contribution in [1.82, 2.24) is 5.32 Å². The number of nitrogens with one attached hydrogen (secondary N) is 1. The Kier molecular flexibility index (Phi) is 3.78. The molecule has 0 saturated carbocycles. The Morgan fingerprint density at radius 2 is 2.47 bits per heavy atom. The summed E-state index contributed by atoms with van der Waals surface area (Å²) in [6, 6.07) is 0. The van der Waals surface area contributed by atoms with Crippen LogP contribution in [0, 0.1) is 11.8 Å². The molecule has 86 valence electrons. The van der Waals surface area contributed by atoms with E-state index in [0.717, 1.165) is 19.1 Å². The maximum absolute atomic E-state index is 8.71. The van der Waals surface area contributed by atoms with Crippen molar-refractivity contribution in [3.63, 3.8) is 0 Å². The molecule has 0 aromatic rings. The predicted octanol–water partition coefficient (Wildman–Crippen LogP) is 0.940. The molecule has 0 spiro atoms. The highest BCUT2D eigenvalue weighted by molar-refractivity contribution is 5.12. The lowest BCUT2D eigenvalue weighted by Crippen LogP contribution is -2.43. The van der Waals surface area contributed by atoms with Crippen LogP contribution in [0.25, 0.3) is 0 Å². The SMILES string of the molecule is CC1=CCC2COC(CNCCO)C1C2. The van der Waals surface area contributed by atoms with Crippen molar-refractivity contribution in [3.05, 3.63) is 11.6 Å². The first-order valence-corrected chi connectivity index (χ1v) is 5.91. The number of allylic oxidation sites excluding steroid dienone is 1. The average molecular weight is 211 g/mol. The lowest BCUT2D eigenvalue weighted by Gasteiger charge is -2.40. The predicted molar refractivity (Wildman–Crippen MR) is 59.7 cm³/mol. The molecule has 1 saturated heterocycles. The van der Waals surface area contributed by atoms with E-state index in [1.165, 1.54) is 18.4 Å². The van der Waals surface area contributed by atoms with Gasteiger partial charge in [0, 0.05) is 19.0 Å². The molecule has 3 heteroatoms. The third-order valence-electron chi connectivity index (χ3n) is 3.57. The molecule has 0 aromatic carbocycles. The molecule has 3 nitrogen and oxygen atoms in total. The third kappa shape index (κ3) is 2.60. The maximum Gasteiger partial charge on any atom is 0.0764 e. The van der Waals surface area contributed by atoms with E-state index in [9.17, 15) is 0 Å². The monoisotopic (exact) mass is 211 g/mol. The summed E-state index contributed by atoms with van der Waals surface area (Å²) in [5.74, 6) is 1.34. The molecule has 0 amide bonds. The molecule has 3 atom stereocenters. The van der Waals surface area contributed by atoms with Crippen LogP contribution in [0.15, 0.2) is 11.6 Å². The molecule has 2 bridgehead atoms. The van der Waals surface area contributed by atoms with E-state index in [4.69, 9.17) is 9.84 Å². The minimum atomic E-state index is 0.203. The molecule has 1 heterocycles. The first-order chi connectivity index (χ1) is 7.31. The van der Waals surface area contributed by atoms with E-state index in [1.807, 2.05) is 0 Å². The van der Waals surface area contributed by atoms with Crippen LogP contribution < -0.4 is 5.32 Å². The summed E-state index contributed by atoms with van der Waals surface area (Å²) < 4.78 is 5.88. The van der Waals surface area contributed by atoms with Gasteiger partial charge in [-0.2, -0.15) is 0 Å². The van der Waals surface area contributed by atoms with Gasteiger partial charge in [-0.05, 0) is 25.7 Å². The fourth-order valence-electron chi connectivity index (χ4n) is 2.63. The Morgan fingerprint density at radius 3 is 3.27 bits per heavy atom. The van der Waals surface area contributed by atoms with Gasteiger partial charge in [-0.15, -0.1) is 0 Å². The van der Waals surface area contributed by atoms with E-state index in [-0.39, 0.29) is 6.61 Å². The molecule has 15 heavy (non-hydrogen) atoms. The van der Waals surface area contributed by atoms with Gasteiger partial charge in [0.15, 0.2) is 0 Å². The van der Waals surface area contributed by atoms with Gasteiger partial charge in [-0.3, -0.25) is 0 Å². The largest absolute Gasteiger partial charge is 0.395 e. The third-order valence-corrected chi connectivity index (χ3v) is 3.57. The number of hydrogen-bond acceptors (Lipinski definition) is 3. The summed E-state index contributed by atoms with van der Waals surface area (Å²) in [6.45, 7) is 4.86. The molecular formula is C12H21NO2. The minimum Gasteiger partial charge on any atom is -0.395 e. The van der Waals surface area contributed by atoms with Crippen molar-refractivity contribution in [2.75, 3.05) is 26.3 Å². The number of fused-ring (bicyclic) bond motifs is 2. The molecular weight excluding hydrogens is 190 g/mol. The summed E-state index contributed by atoms with van der Waals surface area (Å²) >= 11 is 0. The van der Waals surface area contributed by atoms with E-state index in [1.54, 1.807) is 0 Å². The normalized spacial score (nSPS) is 35.1. The molecule has 2 aliphatic rings. The first-order valence-electron chi connectivity index (χ1n) is 5.91. The lowest BCUT2D eigenvalue weighted by molar-refractivity contribution is -0.0477. The van der Waals surface area contributed by atoms with Crippen molar-refractivity contribution < 1.29 is 9.84 Å². The molecule has 2 N–H and O–H groups in total. The zero-order valence-corrected chi connectivity index (χ0v) is 9.41. The summed E-state index contributed by atoms with van der Waals surface area (Å²) in [5.41, 5.74) is 1.49. The highest BCUT2D eigenvalue weighted by Crippen LogP contribution is 2.36. The summed E-state index contributed by atoms with van der Waals surface area (Å²) in [5, 5.41) is 11.9. The number of aliphatic hydroxyl groups is 1. The van der Waals surface area contributed by atoms with Crippen LogP contribution in [0.2, 0.25) is 0 Å². The van der Waals surface area contributed by atoms with Crippen molar-refractivity contribution in [2.24, 2.45) is 11.8 Å². The molecule has 0 aromatic heterocycles. The van der Waals surface area contributed by atoms with E-state index < -0.39 is 0 Å². The van der Waals surface area contributed by atoms with E-state index >= 15 is 0 Å². The second-order valence-corrected chi connectivity index (χ2v) is 4.69. The molecule has 2 rings (SSSR count). The number of hydrogen-bond donors (Lipinski definition) is 2. The van der Waals surface area contributed by atoms with Crippen LogP contribution in [-0.2, 0) is 4.74 Å². The van der Waals surface area contributed by atoms with Crippen LogP contribution in [0.5, 0.6) is 0 Å². The van der Waals surface area contributed by atoms with Crippen LogP contribution in [0.1, 0.15) is 19.8 Å². The smallest absolute Gasteiger partial charge is 0.0764 e. The van der Waals surface area contributed by atoms with Gasteiger partial charge in [0.05, 0.1) is 19.3 Å². The van der Waals surface area contributed by atoms with Crippen LogP contribution in [0.4, 0.5) is 0 Å². The van der Waals surface area contributed by atoms with Gasteiger partial charge in [0.2, 0.25) is 0 Å². The van der Waals surface area contributed by atoms with Crippen LogP contribution >= 0.6 is 0 Å². The van der Waals surface area contributed by atoms with Gasteiger partial charge < -0.3 is 15.2 Å². The van der Waals surface area contributed by atoms with Crippen molar-refractivity contribution >= 4 is 0 Å². The van der Waals surface area contributed by atoms with Crippen molar-refractivity contribution in [1.29, 1.82) is 0 Å². The molecule has 1 aliphatic heterocycles. The quantitative estimate of drug-likeness (QED) is 0.537. The highest BCUT2D eigenvalue weighted by atomic mass is 16.5. The Labute approximate surface area is 91.5 Å². The Bertz CT molecular complexity index is 240. The Balaban J connectivity index is 1.89. The molecule has 1 aliphatic carbocycles. The summed E-state index contributed by atoms with van der Waals surface area (Å²) in [7, 11) is 0. The average Bonchev–Trinajstić information content (AvgIpc) is 2.26. The zero-order chi connectivity index (χ0) is 10.7. The molecule has 0 radical (unpaired) electrons. The van der Waals surface area contributed by atoms with Crippen molar-refractivity contribution in [2.45, 2.75) is 25.9 Å². The fraction of sp³-hybridized carbons (Fsp3) is 0.833. The summed E-state index contributed by atoms with van der Waals surface area (Å²) in [6.07, 6.45) is 5.16. The second kappa shape index (κ2) is 5.10. The van der Waals surface area contributed by atoms with Gasteiger partial charge in [-0.1, -0.05) is 11.6 Å². The fourth-order valence-corrected chi connectivity index (χ4v) is 2.63. The Hall–Kier alpha value is -0.380. The van der Waals surface area contributed by atoms with Crippen LogP contribution in [0.3, 0.4) is 0 Å². The standard InChI is InChI=1S/C12H21NO2/c1-9-2-3-10-6-11(9)12(15-8-10)7-13-4-5-14/h2,10-14H,3-8H2,1H3. The molecule has 1 fully saturated rings. The Morgan fingerprint density at radius 1 is 1.60 bits per heavy atom. The molecule has 3 unspecified atom stereocenters. The maximum atomic E-state index is 8.71. The van der Waals surface area contributed by atoms with Crippen molar-refractivity contribution in [3.8, 4) is 0 Å².